The number of rotatable bonds is 9. The minimum atomic E-state index is -0.962. The first kappa shape index (κ1) is 25.7. The maximum atomic E-state index is 13.1. The van der Waals surface area contributed by atoms with Crippen LogP contribution in [0.25, 0.3) is 0 Å². The number of methoxy groups -OCH3 is 2. The van der Waals surface area contributed by atoms with E-state index in [1.807, 2.05) is 20.8 Å². The smallest absolute Gasteiger partial charge is 0.409 e. The Kier molecular flexibility index (Phi) is 9.11. The monoisotopic (exact) mass is 452 g/mol. The van der Waals surface area contributed by atoms with Gasteiger partial charge in [-0.1, -0.05) is 20.8 Å². The van der Waals surface area contributed by atoms with Crippen LogP contribution in [0.5, 0.6) is 17.2 Å². The summed E-state index contributed by atoms with van der Waals surface area (Å²) in [6.07, 6.45) is -0.962. The molecule has 1 heterocycles. The summed E-state index contributed by atoms with van der Waals surface area (Å²) < 4.78 is 16.2. The number of carbonyl (C=O) groups excluding carboxylic acids is 2. The lowest BCUT2D eigenvalue weighted by atomic mass is 9.84. The number of piperazine rings is 1. The van der Waals surface area contributed by atoms with E-state index in [0.717, 1.165) is 26.2 Å². The minimum absolute atomic E-state index is 0.166. The molecular formula is C22H36N4O6. The summed E-state index contributed by atoms with van der Waals surface area (Å²) in [7, 11) is 2.89. The van der Waals surface area contributed by atoms with Crippen molar-refractivity contribution < 1.29 is 28.9 Å². The van der Waals surface area contributed by atoms with Gasteiger partial charge in [-0.3, -0.25) is 14.6 Å². The molecule has 1 aliphatic rings. The predicted molar refractivity (Wildman–Crippen MR) is 121 cm³/mol. The second-order valence-corrected chi connectivity index (χ2v) is 8.69. The van der Waals surface area contributed by atoms with Crippen LogP contribution in [-0.4, -0.2) is 93.5 Å². The normalized spacial score (nSPS) is 15.3. The molecule has 0 atom stereocenters. The Labute approximate surface area is 189 Å². The first-order chi connectivity index (χ1) is 15.1. The number of primary amides is 1. The molecule has 1 saturated heterocycles. The van der Waals surface area contributed by atoms with Crippen LogP contribution in [0.2, 0.25) is 0 Å². The van der Waals surface area contributed by atoms with Gasteiger partial charge >= 0.3 is 6.09 Å². The number of amides is 2. The number of nitrogens with one attached hydrogen (secondary N) is 1. The van der Waals surface area contributed by atoms with Crippen molar-refractivity contribution >= 4 is 12.0 Å². The van der Waals surface area contributed by atoms with Crippen molar-refractivity contribution in [1.29, 1.82) is 0 Å². The minimum Gasteiger partial charge on any atom is -0.496 e. The molecule has 1 aromatic rings. The summed E-state index contributed by atoms with van der Waals surface area (Å²) >= 11 is 0. The number of nitrogens with zero attached hydrogens (tertiary/aromatic N) is 2. The lowest BCUT2D eigenvalue weighted by Crippen LogP contribution is -2.49. The maximum absolute atomic E-state index is 13.1. The molecule has 0 aromatic heterocycles. The van der Waals surface area contributed by atoms with Gasteiger partial charge in [0.2, 0.25) is 0 Å². The van der Waals surface area contributed by atoms with Crippen molar-refractivity contribution in [3.05, 3.63) is 17.2 Å². The Balaban J connectivity index is 2.20. The van der Waals surface area contributed by atoms with E-state index in [4.69, 9.17) is 25.1 Å². The SMILES string of the molecule is COc1cc(OC(N)=O)c(C(C)(C)C)c(OC)c1C(=O)NCCN1CCN(CCO)CC1. The van der Waals surface area contributed by atoms with Crippen LogP contribution in [-0.2, 0) is 5.41 Å². The van der Waals surface area contributed by atoms with Crippen LogP contribution in [0.15, 0.2) is 6.07 Å². The Morgan fingerprint density at radius 3 is 2.12 bits per heavy atom. The van der Waals surface area contributed by atoms with E-state index in [0.29, 0.717) is 25.2 Å². The number of β-amino-alcohol motifs (C(OH)–C–C–N with tert-alkyl or cyclic N) is 1. The van der Waals surface area contributed by atoms with Gasteiger partial charge in [0.1, 0.15) is 22.8 Å². The molecule has 180 valence electrons. The predicted octanol–water partition coefficient (Wildman–Crippen LogP) is 0.799. The molecule has 1 aliphatic heterocycles. The quantitative estimate of drug-likeness (QED) is 0.502. The largest absolute Gasteiger partial charge is 0.496 e. The van der Waals surface area contributed by atoms with E-state index in [2.05, 4.69) is 15.1 Å². The molecule has 2 rings (SSSR count). The highest BCUT2D eigenvalue weighted by atomic mass is 16.6. The van der Waals surface area contributed by atoms with E-state index < -0.39 is 11.5 Å². The number of carbonyl (C=O) groups is 2. The molecule has 0 radical (unpaired) electrons. The molecule has 4 N–H and O–H groups in total. The van der Waals surface area contributed by atoms with Gasteiger partial charge in [0.05, 0.1) is 20.8 Å². The first-order valence-corrected chi connectivity index (χ1v) is 10.7. The van der Waals surface area contributed by atoms with Crippen molar-refractivity contribution in [3.63, 3.8) is 0 Å². The molecule has 2 amide bonds. The molecule has 10 heteroatoms. The number of hydrogen-bond donors (Lipinski definition) is 3. The fourth-order valence-electron chi connectivity index (χ4n) is 3.89. The van der Waals surface area contributed by atoms with Crippen molar-refractivity contribution in [2.75, 3.05) is 66.6 Å². The van der Waals surface area contributed by atoms with E-state index in [1.165, 1.54) is 20.3 Å². The standard InChI is InChI=1S/C22H36N4O6/c1-22(2,3)18-16(32-21(23)29)14-15(30-4)17(19(18)31-5)20(28)24-6-7-25-8-10-26(11-9-25)12-13-27/h14,27H,6-13H2,1-5H3,(H2,23,29)(H,24,28). The number of hydrogen-bond acceptors (Lipinski definition) is 8. The average molecular weight is 453 g/mol. The zero-order valence-corrected chi connectivity index (χ0v) is 19.7. The lowest BCUT2D eigenvalue weighted by Gasteiger charge is -2.34. The summed E-state index contributed by atoms with van der Waals surface area (Å²) in [5.41, 5.74) is 5.52. The molecule has 0 unspecified atom stereocenters. The van der Waals surface area contributed by atoms with Gasteiger partial charge in [-0.05, 0) is 5.41 Å². The van der Waals surface area contributed by atoms with Gasteiger partial charge in [0.15, 0.2) is 0 Å². The molecule has 0 saturated carbocycles. The highest BCUT2D eigenvalue weighted by Crippen LogP contribution is 2.45. The van der Waals surface area contributed by atoms with Gasteiger partial charge in [-0.2, -0.15) is 0 Å². The Bertz CT molecular complexity index is 801. The number of benzene rings is 1. The van der Waals surface area contributed by atoms with E-state index >= 15 is 0 Å². The molecule has 10 nitrogen and oxygen atoms in total. The third-order valence-electron chi connectivity index (χ3n) is 5.42. The second kappa shape index (κ2) is 11.3. The Morgan fingerprint density at radius 2 is 1.66 bits per heavy atom. The van der Waals surface area contributed by atoms with Crippen LogP contribution in [0.1, 0.15) is 36.7 Å². The maximum Gasteiger partial charge on any atom is 0.409 e. The Morgan fingerprint density at radius 1 is 1.06 bits per heavy atom. The lowest BCUT2D eigenvalue weighted by molar-refractivity contribution is 0.0920. The summed E-state index contributed by atoms with van der Waals surface area (Å²) in [4.78, 5) is 29.1. The zero-order chi connectivity index (χ0) is 23.9. The fraction of sp³-hybridized carbons (Fsp3) is 0.636. The van der Waals surface area contributed by atoms with Gasteiger partial charge in [-0.15, -0.1) is 0 Å². The number of aliphatic hydroxyl groups excluding tert-OH is 1. The van der Waals surface area contributed by atoms with Gasteiger partial charge in [0.25, 0.3) is 5.91 Å². The molecule has 0 bridgehead atoms. The van der Waals surface area contributed by atoms with Crippen molar-refractivity contribution in [3.8, 4) is 17.2 Å². The molecule has 1 fully saturated rings. The van der Waals surface area contributed by atoms with E-state index in [1.54, 1.807) is 0 Å². The number of aliphatic hydroxyl groups is 1. The van der Waals surface area contributed by atoms with Crippen molar-refractivity contribution in [1.82, 2.24) is 15.1 Å². The topological polar surface area (TPSA) is 127 Å². The first-order valence-electron chi connectivity index (χ1n) is 10.7. The molecule has 32 heavy (non-hydrogen) atoms. The summed E-state index contributed by atoms with van der Waals surface area (Å²) in [6, 6.07) is 1.49. The van der Waals surface area contributed by atoms with Crippen LogP contribution in [0.3, 0.4) is 0 Å². The fourth-order valence-corrected chi connectivity index (χ4v) is 3.89. The van der Waals surface area contributed by atoms with Gasteiger partial charge < -0.3 is 30.4 Å². The van der Waals surface area contributed by atoms with Crippen LogP contribution < -0.4 is 25.3 Å². The molecule has 0 aliphatic carbocycles. The molecule has 0 spiro atoms. The molecule has 1 aromatic carbocycles. The van der Waals surface area contributed by atoms with E-state index in [9.17, 15) is 9.59 Å². The molecular weight excluding hydrogens is 416 g/mol. The van der Waals surface area contributed by atoms with Crippen LogP contribution >= 0.6 is 0 Å². The van der Waals surface area contributed by atoms with Crippen LogP contribution in [0.4, 0.5) is 4.79 Å². The summed E-state index contributed by atoms with van der Waals surface area (Å²) in [5.74, 6) is 0.356. The van der Waals surface area contributed by atoms with Crippen LogP contribution in [0, 0.1) is 0 Å². The summed E-state index contributed by atoms with van der Waals surface area (Å²) in [5, 5.41) is 12.0. The number of ether oxygens (including phenoxy) is 3. The number of nitrogens with two attached hydrogens (primary N) is 1. The van der Waals surface area contributed by atoms with Crippen molar-refractivity contribution in [2.24, 2.45) is 5.73 Å². The van der Waals surface area contributed by atoms with E-state index in [-0.39, 0.29) is 35.3 Å². The summed E-state index contributed by atoms with van der Waals surface area (Å²) in [6.45, 7) is 11.3. The third kappa shape index (κ3) is 6.47. The highest BCUT2D eigenvalue weighted by Gasteiger charge is 2.32. The third-order valence-corrected chi connectivity index (χ3v) is 5.42. The highest BCUT2D eigenvalue weighted by molar-refractivity contribution is 6.01. The van der Waals surface area contributed by atoms with Crippen molar-refractivity contribution in [2.45, 2.75) is 26.2 Å². The second-order valence-electron chi connectivity index (χ2n) is 8.69. The van der Waals surface area contributed by atoms with Gasteiger partial charge in [-0.25, -0.2) is 4.79 Å². The van der Waals surface area contributed by atoms with Gasteiger partial charge in [0, 0.05) is 57.4 Å². The Hall–Kier alpha value is -2.56. The average Bonchev–Trinajstić information content (AvgIpc) is 2.72. The zero-order valence-electron chi connectivity index (χ0n) is 19.7.